The summed E-state index contributed by atoms with van der Waals surface area (Å²) in [5.41, 5.74) is 2.89. The minimum atomic E-state index is -0.278. The van der Waals surface area contributed by atoms with E-state index in [0.29, 0.717) is 0 Å². The second-order valence-corrected chi connectivity index (χ2v) is 9.41. The Morgan fingerprint density at radius 2 is 1.55 bits per heavy atom. The summed E-state index contributed by atoms with van der Waals surface area (Å²) in [7, 11) is 0. The van der Waals surface area contributed by atoms with Crippen LogP contribution in [0.1, 0.15) is 33.1 Å². The van der Waals surface area contributed by atoms with Crippen LogP contribution >= 0.6 is 11.6 Å². The minimum Gasteiger partial charge on any atom is -0.488 e. The molecule has 1 aliphatic rings. The number of aromatic nitrogens is 1. The Morgan fingerprint density at radius 1 is 0.909 bits per heavy atom. The van der Waals surface area contributed by atoms with Crippen LogP contribution in [0.2, 0.25) is 5.02 Å². The van der Waals surface area contributed by atoms with E-state index in [4.69, 9.17) is 16.3 Å². The average Bonchev–Trinajstić information content (AvgIpc) is 3.18. The molecule has 5 nitrogen and oxygen atoms in total. The molecule has 2 amide bonds. The van der Waals surface area contributed by atoms with Gasteiger partial charge in [0.25, 0.3) is 0 Å². The zero-order chi connectivity index (χ0) is 23.3. The van der Waals surface area contributed by atoms with E-state index in [-0.39, 0.29) is 11.6 Å². The fourth-order valence-electron chi connectivity index (χ4n) is 4.13. The second kappa shape index (κ2) is 10.3. The molecule has 0 atom stereocenters. The van der Waals surface area contributed by atoms with Crippen LogP contribution in [0.5, 0.6) is 5.75 Å². The summed E-state index contributed by atoms with van der Waals surface area (Å²) in [5.74, 6) is 0.862. The summed E-state index contributed by atoms with van der Waals surface area (Å²) in [6.07, 6.45) is 6.31. The standard InChI is InChI=1S/C27H30ClN3O2/c1-27(2,33-25-11-7-22(8-12-25)21-5-9-23(28)10-6-21)15-3-4-18-30-19-20-31(26(30)32)24-13-16-29-17-14-24/h5-14,16-17H,3-4,15,18-20H2,1-2H3. The first-order valence-electron chi connectivity index (χ1n) is 11.4. The van der Waals surface area contributed by atoms with Gasteiger partial charge in [0.15, 0.2) is 0 Å². The quantitative estimate of drug-likeness (QED) is 0.333. The lowest BCUT2D eigenvalue weighted by Crippen LogP contribution is -2.33. The van der Waals surface area contributed by atoms with Crippen molar-refractivity contribution < 1.29 is 9.53 Å². The summed E-state index contributed by atoms with van der Waals surface area (Å²) >= 11 is 5.98. The maximum atomic E-state index is 12.7. The topological polar surface area (TPSA) is 45.7 Å². The van der Waals surface area contributed by atoms with Gasteiger partial charge in [0.1, 0.15) is 11.4 Å². The molecular weight excluding hydrogens is 434 g/mol. The molecule has 2 aromatic carbocycles. The number of hydrogen-bond donors (Lipinski definition) is 0. The molecule has 1 fully saturated rings. The molecule has 33 heavy (non-hydrogen) atoms. The van der Waals surface area contributed by atoms with E-state index in [1.54, 1.807) is 12.4 Å². The molecule has 3 aromatic rings. The van der Waals surface area contributed by atoms with Crippen LogP contribution in [0.25, 0.3) is 11.1 Å². The molecule has 0 radical (unpaired) electrons. The van der Waals surface area contributed by atoms with E-state index in [9.17, 15) is 4.79 Å². The van der Waals surface area contributed by atoms with Gasteiger partial charge in [-0.25, -0.2) is 4.79 Å². The summed E-state index contributed by atoms with van der Waals surface area (Å²) in [6, 6.07) is 19.8. The second-order valence-electron chi connectivity index (χ2n) is 8.98. The Morgan fingerprint density at radius 3 is 2.21 bits per heavy atom. The first kappa shape index (κ1) is 23.1. The van der Waals surface area contributed by atoms with Crippen LogP contribution in [0.3, 0.4) is 0 Å². The summed E-state index contributed by atoms with van der Waals surface area (Å²) in [6.45, 7) is 6.50. The SMILES string of the molecule is CC(C)(CCCCN1CCN(c2ccncc2)C1=O)Oc1ccc(-c2ccc(Cl)cc2)cc1. The molecule has 0 aliphatic carbocycles. The number of anilines is 1. The highest BCUT2D eigenvalue weighted by molar-refractivity contribution is 6.30. The fraction of sp³-hybridized carbons (Fsp3) is 0.333. The van der Waals surface area contributed by atoms with Crippen LogP contribution < -0.4 is 9.64 Å². The third kappa shape index (κ3) is 6.05. The molecule has 1 saturated heterocycles. The average molecular weight is 464 g/mol. The van der Waals surface area contributed by atoms with Gasteiger partial charge in [-0.2, -0.15) is 0 Å². The van der Waals surface area contributed by atoms with E-state index in [1.807, 2.05) is 58.3 Å². The number of rotatable bonds is 9. The van der Waals surface area contributed by atoms with Crippen molar-refractivity contribution in [1.82, 2.24) is 9.88 Å². The van der Waals surface area contributed by atoms with E-state index in [0.717, 1.165) is 66.5 Å². The molecular formula is C27H30ClN3O2. The maximum absolute atomic E-state index is 12.7. The number of benzene rings is 2. The van der Waals surface area contributed by atoms with Gasteiger partial charge in [-0.3, -0.25) is 9.88 Å². The van der Waals surface area contributed by atoms with Gasteiger partial charge >= 0.3 is 6.03 Å². The zero-order valence-corrected chi connectivity index (χ0v) is 20.0. The molecule has 0 bridgehead atoms. The van der Waals surface area contributed by atoms with Crippen molar-refractivity contribution in [3.63, 3.8) is 0 Å². The summed E-state index contributed by atoms with van der Waals surface area (Å²) in [4.78, 5) is 20.5. The third-order valence-corrected chi connectivity index (χ3v) is 6.20. The Labute approximate surface area is 201 Å². The molecule has 2 heterocycles. The highest BCUT2D eigenvalue weighted by Crippen LogP contribution is 2.27. The van der Waals surface area contributed by atoms with Crippen molar-refractivity contribution in [3.05, 3.63) is 78.1 Å². The third-order valence-electron chi connectivity index (χ3n) is 5.95. The van der Waals surface area contributed by atoms with E-state index in [2.05, 4.69) is 31.0 Å². The maximum Gasteiger partial charge on any atom is 0.324 e. The van der Waals surface area contributed by atoms with Crippen LogP contribution in [0.4, 0.5) is 10.5 Å². The molecule has 1 aromatic heterocycles. The number of carbonyl (C=O) groups excluding carboxylic acids is 1. The molecule has 0 N–H and O–H groups in total. The number of ether oxygens (including phenoxy) is 1. The van der Waals surface area contributed by atoms with E-state index < -0.39 is 0 Å². The number of nitrogens with zero attached hydrogens (tertiary/aromatic N) is 3. The lowest BCUT2D eigenvalue weighted by molar-refractivity contribution is 0.0956. The number of hydrogen-bond acceptors (Lipinski definition) is 3. The van der Waals surface area contributed by atoms with Crippen LogP contribution in [0, 0.1) is 0 Å². The molecule has 0 saturated carbocycles. The van der Waals surface area contributed by atoms with Crippen molar-refractivity contribution in [2.45, 2.75) is 38.7 Å². The number of halogens is 1. The fourth-order valence-corrected chi connectivity index (χ4v) is 4.26. The molecule has 172 valence electrons. The van der Waals surface area contributed by atoms with E-state index >= 15 is 0 Å². The smallest absolute Gasteiger partial charge is 0.324 e. The van der Waals surface area contributed by atoms with Crippen LogP contribution in [-0.4, -0.2) is 41.2 Å². The Balaban J connectivity index is 1.22. The van der Waals surface area contributed by atoms with Gasteiger partial charge in [-0.1, -0.05) is 35.9 Å². The van der Waals surface area contributed by atoms with Gasteiger partial charge in [0.05, 0.1) is 0 Å². The zero-order valence-electron chi connectivity index (χ0n) is 19.2. The van der Waals surface area contributed by atoms with Gasteiger partial charge in [-0.15, -0.1) is 0 Å². The summed E-state index contributed by atoms with van der Waals surface area (Å²) in [5, 5.41) is 0.737. The van der Waals surface area contributed by atoms with Gasteiger partial charge < -0.3 is 9.64 Å². The molecule has 1 aliphatic heterocycles. The highest BCUT2D eigenvalue weighted by Gasteiger charge is 2.29. The van der Waals surface area contributed by atoms with E-state index in [1.165, 1.54) is 0 Å². The predicted octanol–water partition coefficient (Wildman–Crippen LogP) is 6.67. The molecule has 0 unspecified atom stereocenters. The Bertz CT molecular complexity index is 1050. The van der Waals surface area contributed by atoms with Crippen LogP contribution in [-0.2, 0) is 0 Å². The normalized spacial score (nSPS) is 14.1. The number of carbonyl (C=O) groups is 1. The number of amides is 2. The van der Waals surface area contributed by atoms with Crippen molar-refractivity contribution in [2.24, 2.45) is 0 Å². The van der Waals surface area contributed by atoms with Crippen LogP contribution in [0.15, 0.2) is 73.1 Å². The number of urea groups is 1. The lowest BCUT2D eigenvalue weighted by atomic mass is 10.0. The largest absolute Gasteiger partial charge is 0.488 e. The predicted molar refractivity (Wildman–Crippen MR) is 134 cm³/mol. The number of pyridine rings is 1. The Kier molecular flexibility index (Phi) is 7.19. The van der Waals surface area contributed by atoms with Crippen molar-refractivity contribution >= 4 is 23.3 Å². The van der Waals surface area contributed by atoms with Gasteiger partial charge in [0.2, 0.25) is 0 Å². The van der Waals surface area contributed by atoms with Crippen molar-refractivity contribution in [2.75, 3.05) is 24.5 Å². The van der Waals surface area contributed by atoms with Crippen molar-refractivity contribution in [1.29, 1.82) is 0 Å². The summed E-state index contributed by atoms with van der Waals surface area (Å²) < 4.78 is 6.26. The molecule has 6 heteroatoms. The highest BCUT2D eigenvalue weighted by atomic mass is 35.5. The monoisotopic (exact) mass is 463 g/mol. The Hall–Kier alpha value is -3.05. The van der Waals surface area contributed by atoms with Gasteiger partial charge in [-0.05, 0) is 80.6 Å². The molecule has 0 spiro atoms. The number of unbranched alkanes of at least 4 members (excludes halogenated alkanes) is 1. The molecule has 4 rings (SSSR count). The van der Waals surface area contributed by atoms with Crippen molar-refractivity contribution in [3.8, 4) is 16.9 Å². The minimum absolute atomic E-state index is 0.0810. The lowest BCUT2D eigenvalue weighted by Gasteiger charge is -2.27. The first-order valence-corrected chi connectivity index (χ1v) is 11.8. The van der Waals surface area contributed by atoms with Gasteiger partial charge in [0, 0.05) is 42.7 Å². The first-order chi connectivity index (χ1) is 15.9.